The van der Waals surface area contributed by atoms with E-state index in [4.69, 9.17) is 0 Å². The Labute approximate surface area is 154 Å². The lowest BCUT2D eigenvalue weighted by Crippen LogP contribution is -3.00. The Morgan fingerprint density at radius 3 is 2.36 bits per heavy atom. The van der Waals surface area contributed by atoms with Gasteiger partial charge in [0, 0.05) is 37.2 Å². The molecule has 0 saturated heterocycles. The molecule has 0 N–H and O–H groups in total. The lowest BCUT2D eigenvalue weighted by atomic mass is 10.1. The highest BCUT2D eigenvalue weighted by molar-refractivity contribution is 7.80. The third kappa shape index (κ3) is 5.28. The van der Waals surface area contributed by atoms with Crippen molar-refractivity contribution in [2.45, 2.75) is 0 Å². The quantitative estimate of drug-likeness (QED) is 0.308. The molecule has 1 aromatic heterocycles. The normalized spacial score (nSPS) is 10.5. The summed E-state index contributed by atoms with van der Waals surface area (Å²) in [5, 5.41) is 0. The first kappa shape index (κ1) is 19.0. The molecule has 0 amide bonds. The van der Waals surface area contributed by atoms with Gasteiger partial charge >= 0.3 is 5.95 Å². The minimum Gasteiger partial charge on any atom is -1.00 e. The Bertz CT molecular complexity index is 629. The number of nitrogens with zero attached hydrogens (tertiary/aromatic N) is 2. The Morgan fingerprint density at radius 2 is 1.77 bits per heavy atom. The molecule has 2 rings (SSSR count). The van der Waals surface area contributed by atoms with E-state index in [1.165, 1.54) is 16.3 Å². The van der Waals surface area contributed by atoms with Gasteiger partial charge in [0.15, 0.2) is 6.20 Å². The fourth-order valence-corrected chi connectivity index (χ4v) is 2.27. The number of hydrogen-bond acceptors (Lipinski definition) is 2. The summed E-state index contributed by atoms with van der Waals surface area (Å²) in [5.74, 6) is 0.579. The molecule has 1 heterocycles. The van der Waals surface area contributed by atoms with Gasteiger partial charge in [0.2, 0.25) is 0 Å². The standard InChI is InChI=1S/C17H19FN2S.HI/c1-19(11-12-21)16-7-5-14(6-8-16)3-4-15-9-10-20(2)17(18)13-15;/h3-10,13H,11-12H2,1-2H3;1H. The molecule has 118 valence electrons. The number of hydrogen-bond donors (Lipinski definition) is 1. The van der Waals surface area contributed by atoms with Gasteiger partial charge in [-0.2, -0.15) is 17.2 Å². The molecule has 1 aromatic carbocycles. The highest BCUT2D eigenvalue weighted by atomic mass is 127. The van der Waals surface area contributed by atoms with E-state index in [0.29, 0.717) is 0 Å². The van der Waals surface area contributed by atoms with E-state index in [1.54, 1.807) is 13.2 Å². The van der Waals surface area contributed by atoms with Crippen LogP contribution in [0.15, 0.2) is 42.6 Å². The van der Waals surface area contributed by atoms with E-state index in [1.807, 2.05) is 25.3 Å². The molecule has 0 radical (unpaired) electrons. The van der Waals surface area contributed by atoms with Crippen molar-refractivity contribution in [1.82, 2.24) is 0 Å². The third-order valence-electron chi connectivity index (χ3n) is 3.35. The lowest BCUT2D eigenvalue weighted by molar-refractivity contribution is -0.700. The van der Waals surface area contributed by atoms with E-state index < -0.39 is 0 Å². The van der Waals surface area contributed by atoms with Crippen LogP contribution in [-0.2, 0) is 7.05 Å². The number of aryl methyl sites for hydroxylation is 1. The minimum atomic E-state index is -0.249. The molecule has 0 spiro atoms. The van der Waals surface area contributed by atoms with Crippen molar-refractivity contribution >= 4 is 30.5 Å². The molecule has 0 bridgehead atoms. The predicted molar refractivity (Wildman–Crippen MR) is 90.1 cm³/mol. The Hall–Kier alpha value is -1.08. The second-order valence-electron chi connectivity index (χ2n) is 4.96. The van der Waals surface area contributed by atoms with Crippen molar-refractivity contribution in [1.29, 1.82) is 0 Å². The van der Waals surface area contributed by atoms with E-state index >= 15 is 0 Å². The Balaban J connectivity index is 0.00000242. The predicted octanol–water partition coefficient (Wildman–Crippen LogP) is 0.191. The van der Waals surface area contributed by atoms with Crippen LogP contribution in [0.3, 0.4) is 0 Å². The zero-order chi connectivity index (χ0) is 15.2. The van der Waals surface area contributed by atoms with Crippen molar-refractivity contribution in [3.05, 3.63) is 59.7 Å². The molecule has 0 unspecified atom stereocenters. The van der Waals surface area contributed by atoms with Crippen LogP contribution in [0.2, 0.25) is 0 Å². The number of benzene rings is 1. The number of pyridine rings is 1. The van der Waals surface area contributed by atoms with Crippen molar-refractivity contribution in [2.24, 2.45) is 7.05 Å². The zero-order valence-electron chi connectivity index (χ0n) is 12.7. The number of halogens is 2. The molecule has 0 fully saturated rings. The van der Waals surface area contributed by atoms with Crippen LogP contribution < -0.4 is 33.4 Å². The SMILES string of the molecule is CN(CCS)c1ccc(/C=C/c2cc[n+](C)c(F)c2)cc1.[I-]. The third-order valence-corrected chi connectivity index (χ3v) is 3.55. The van der Waals surface area contributed by atoms with E-state index in [-0.39, 0.29) is 29.9 Å². The molecule has 0 saturated carbocycles. The molecule has 0 aliphatic rings. The van der Waals surface area contributed by atoms with Gasteiger partial charge in [-0.25, -0.2) is 0 Å². The van der Waals surface area contributed by atoms with Gasteiger partial charge in [-0.1, -0.05) is 24.3 Å². The second-order valence-corrected chi connectivity index (χ2v) is 5.41. The molecule has 2 nitrogen and oxygen atoms in total. The monoisotopic (exact) mass is 430 g/mol. The molecule has 22 heavy (non-hydrogen) atoms. The summed E-state index contributed by atoms with van der Waals surface area (Å²) >= 11 is 4.23. The van der Waals surface area contributed by atoms with Crippen LogP contribution in [0.4, 0.5) is 10.1 Å². The molecular weight excluding hydrogens is 410 g/mol. The summed E-state index contributed by atoms with van der Waals surface area (Å²) in [4.78, 5) is 2.16. The van der Waals surface area contributed by atoms with Gasteiger partial charge in [-0.3, -0.25) is 0 Å². The molecular formula is C17H20FIN2S. The summed E-state index contributed by atoms with van der Waals surface area (Å²) in [6.07, 6.45) is 5.61. The fourth-order valence-electron chi connectivity index (χ4n) is 1.97. The van der Waals surface area contributed by atoms with Gasteiger partial charge < -0.3 is 28.9 Å². The molecule has 0 aliphatic heterocycles. The first-order chi connectivity index (χ1) is 10.1. The summed E-state index contributed by atoms with van der Waals surface area (Å²) in [5.41, 5.74) is 3.10. The van der Waals surface area contributed by atoms with E-state index in [2.05, 4.69) is 41.8 Å². The molecule has 2 aromatic rings. The van der Waals surface area contributed by atoms with E-state index in [9.17, 15) is 4.39 Å². The maximum absolute atomic E-state index is 13.4. The van der Waals surface area contributed by atoms with Gasteiger partial charge in [0.25, 0.3) is 0 Å². The van der Waals surface area contributed by atoms with Crippen molar-refractivity contribution in [2.75, 3.05) is 24.2 Å². The first-order valence-electron chi connectivity index (χ1n) is 6.85. The van der Waals surface area contributed by atoms with Gasteiger partial charge in [-0.15, -0.1) is 4.39 Å². The van der Waals surface area contributed by atoms with Crippen LogP contribution in [0.5, 0.6) is 0 Å². The zero-order valence-corrected chi connectivity index (χ0v) is 15.8. The largest absolute Gasteiger partial charge is 1.00 e. The summed E-state index contributed by atoms with van der Waals surface area (Å²) in [6, 6.07) is 11.7. The second kappa shape index (κ2) is 9.15. The Morgan fingerprint density at radius 1 is 1.14 bits per heavy atom. The molecule has 0 aliphatic carbocycles. The van der Waals surface area contributed by atoms with Crippen LogP contribution in [-0.4, -0.2) is 19.3 Å². The fraction of sp³-hybridized carbons (Fsp3) is 0.235. The maximum atomic E-state index is 13.4. The van der Waals surface area contributed by atoms with Gasteiger partial charge in [0.1, 0.15) is 7.05 Å². The van der Waals surface area contributed by atoms with Crippen molar-refractivity contribution in [3.8, 4) is 0 Å². The highest BCUT2D eigenvalue weighted by Crippen LogP contribution is 2.15. The summed E-state index contributed by atoms with van der Waals surface area (Å²) in [6.45, 7) is 0.915. The first-order valence-corrected chi connectivity index (χ1v) is 7.49. The van der Waals surface area contributed by atoms with Crippen molar-refractivity contribution < 1.29 is 32.9 Å². The average molecular weight is 430 g/mol. The minimum absolute atomic E-state index is 0. The topological polar surface area (TPSA) is 7.12 Å². The number of thiol groups is 1. The lowest BCUT2D eigenvalue weighted by Gasteiger charge is -2.17. The molecule has 5 heteroatoms. The smallest absolute Gasteiger partial charge is 0.359 e. The average Bonchev–Trinajstić information content (AvgIpc) is 2.49. The van der Waals surface area contributed by atoms with Gasteiger partial charge in [0.05, 0.1) is 0 Å². The number of anilines is 1. The maximum Gasteiger partial charge on any atom is 0.359 e. The van der Waals surface area contributed by atoms with E-state index in [0.717, 1.165) is 23.4 Å². The van der Waals surface area contributed by atoms with Gasteiger partial charge in [-0.05, 0) is 23.3 Å². The van der Waals surface area contributed by atoms with Crippen LogP contribution >= 0.6 is 12.6 Å². The highest BCUT2D eigenvalue weighted by Gasteiger charge is 2.03. The van der Waals surface area contributed by atoms with Crippen LogP contribution in [0, 0.1) is 5.95 Å². The summed E-state index contributed by atoms with van der Waals surface area (Å²) < 4.78 is 14.9. The number of aromatic nitrogens is 1. The van der Waals surface area contributed by atoms with Crippen LogP contribution in [0.25, 0.3) is 12.2 Å². The number of rotatable bonds is 5. The van der Waals surface area contributed by atoms with Crippen LogP contribution in [0.1, 0.15) is 11.1 Å². The van der Waals surface area contributed by atoms with Crippen molar-refractivity contribution in [3.63, 3.8) is 0 Å². The summed E-state index contributed by atoms with van der Waals surface area (Å²) in [7, 11) is 3.73. The molecule has 0 atom stereocenters. The Kier molecular flexibility index (Phi) is 7.89.